The van der Waals surface area contributed by atoms with E-state index in [1.165, 1.54) is 12.1 Å². The van der Waals surface area contributed by atoms with Crippen LogP contribution in [0, 0.1) is 11.3 Å². The molecule has 108 valence electrons. The molecule has 0 saturated heterocycles. The number of sulfone groups is 1. The quantitative estimate of drug-likeness (QED) is 0.769. The second-order valence-corrected chi connectivity index (χ2v) is 6.61. The van der Waals surface area contributed by atoms with Gasteiger partial charge in [0.15, 0.2) is 9.84 Å². The molecular weight excluding hydrogens is 286 g/mol. The van der Waals surface area contributed by atoms with E-state index >= 15 is 0 Å². The van der Waals surface area contributed by atoms with Gasteiger partial charge >= 0.3 is 0 Å². The zero-order valence-electron chi connectivity index (χ0n) is 11.4. The molecule has 0 heterocycles. The van der Waals surface area contributed by atoms with Crippen molar-refractivity contribution in [2.75, 3.05) is 12.4 Å². The topological polar surface area (TPSA) is 67.2 Å². The van der Waals surface area contributed by atoms with Gasteiger partial charge in [0.2, 0.25) is 0 Å². The number of hydrogen-bond acceptors (Lipinski definition) is 4. The highest BCUT2D eigenvalue weighted by atomic mass is 32.2. The molecule has 0 aliphatic rings. The van der Waals surface area contributed by atoms with Crippen molar-refractivity contribution in [1.29, 1.82) is 5.26 Å². The third kappa shape index (κ3) is 4.42. The van der Waals surface area contributed by atoms with Crippen LogP contribution in [0.25, 0.3) is 0 Å². The van der Waals surface area contributed by atoms with E-state index in [4.69, 9.17) is 10.00 Å². The van der Waals surface area contributed by atoms with Gasteiger partial charge in [0, 0.05) is 0 Å². The van der Waals surface area contributed by atoms with Crippen LogP contribution in [0.5, 0.6) is 0 Å². The van der Waals surface area contributed by atoms with Gasteiger partial charge in [-0.2, -0.15) is 5.26 Å². The maximum atomic E-state index is 12.1. The molecule has 0 N–H and O–H groups in total. The van der Waals surface area contributed by atoms with E-state index in [9.17, 15) is 8.42 Å². The zero-order valence-corrected chi connectivity index (χ0v) is 12.2. The van der Waals surface area contributed by atoms with Gasteiger partial charge in [0.1, 0.15) is 0 Å². The highest BCUT2D eigenvalue weighted by Crippen LogP contribution is 2.13. The van der Waals surface area contributed by atoms with Crippen LogP contribution in [0.4, 0.5) is 0 Å². The number of hydrogen-bond donors (Lipinski definition) is 0. The van der Waals surface area contributed by atoms with Crippen LogP contribution in [-0.2, 0) is 21.2 Å². The van der Waals surface area contributed by atoms with Crippen LogP contribution in [0.2, 0.25) is 0 Å². The Kier molecular flexibility index (Phi) is 5.09. The van der Waals surface area contributed by atoms with Gasteiger partial charge in [-0.3, -0.25) is 0 Å². The predicted octanol–water partition coefficient (Wildman–Crippen LogP) is 2.55. The van der Waals surface area contributed by atoms with Crippen LogP contribution in [0.15, 0.2) is 59.5 Å². The Morgan fingerprint density at radius 3 is 2.52 bits per heavy atom. The molecule has 4 nitrogen and oxygen atoms in total. The minimum Gasteiger partial charge on any atom is -0.376 e. The Hall–Kier alpha value is -2.16. The third-order valence-electron chi connectivity index (χ3n) is 2.93. The summed E-state index contributed by atoms with van der Waals surface area (Å²) in [5.41, 5.74) is 1.34. The fourth-order valence-corrected chi connectivity index (χ4v) is 2.98. The normalized spacial score (nSPS) is 11.0. The van der Waals surface area contributed by atoms with E-state index in [1.54, 1.807) is 12.1 Å². The van der Waals surface area contributed by atoms with Crippen LogP contribution in [0.1, 0.15) is 11.1 Å². The van der Waals surface area contributed by atoms with Gasteiger partial charge in [0.05, 0.1) is 35.5 Å². The molecule has 21 heavy (non-hydrogen) atoms. The first-order valence-electron chi connectivity index (χ1n) is 6.46. The molecule has 0 radical (unpaired) electrons. The van der Waals surface area contributed by atoms with Gasteiger partial charge in [0.25, 0.3) is 0 Å². The Morgan fingerprint density at radius 2 is 1.81 bits per heavy atom. The summed E-state index contributed by atoms with van der Waals surface area (Å²) in [6.45, 7) is 0.503. The lowest BCUT2D eigenvalue weighted by atomic mass is 10.2. The molecule has 2 aromatic carbocycles. The Morgan fingerprint density at radius 1 is 1.05 bits per heavy atom. The average Bonchev–Trinajstić information content (AvgIpc) is 2.53. The van der Waals surface area contributed by atoms with Crippen molar-refractivity contribution in [2.24, 2.45) is 0 Å². The number of nitrogens with zero attached hydrogens (tertiary/aromatic N) is 1. The van der Waals surface area contributed by atoms with Crippen molar-refractivity contribution < 1.29 is 13.2 Å². The average molecular weight is 301 g/mol. The van der Waals surface area contributed by atoms with Crippen molar-refractivity contribution in [3.05, 3.63) is 65.7 Å². The first-order valence-corrected chi connectivity index (χ1v) is 8.11. The third-order valence-corrected chi connectivity index (χ3v) is 4.61. The molecule has 0 aromatic heterocycles. The molecule has 0 fully saturated rings. The van der Waals surface area contributed by atoms with E-state index in [2.05, 4.69) is 0 Å². The van der Waals surface area contributed by atoms with E-state index in [1.807, 2.05) is 36.4 Å². The van der Waals surface area contributed by atoms with E-state index in [0.717, 1.165) is 5.56 Å². The van der Waals surface area contributed by atoms with Gasteiger partial charge in [-0.25, -0.2) is 8.42 Å². The summed E-state index contributed by atoms with van der Waals surface area (Å²) in [5, 5.41) is 8.80. The first-order chi connectivity index (χ1) is 10.1. The summed E-state index contributed by atoms with van der Waals surface area (Å²) in [6, 6.07) is 17.5. The minimum atomic E-state index is -3.42. The van der Waals surface area contributed by atoms with Crippen molar-refractivity contribution in [2.45, 2.75) is 11.5 Å². The molecule has 0 bridgehead atoms. The van der Waals surface area contributed by atoms with Gasteiger partial charge in [-0.05, 0) is 23.8 Å². The number of benzene rings is 2. The maximum Gasteiger partial charge on any atom is 0.180 e. The molecule has 0 spiro atoms. The summed E-state index contributed by atoms with van der Waals surface area (Å²) in [7, 11) is -3.42. The maximum absolute atomic E-state index is 12.1. The SMILES string of the molecule is N#Cc1cccc(S(=O)(=O)CCOCc2ccccc2)c1. The van der Waals surface area contributed by atoms with Crippen LogP contribution < -0.4 is 0 Å². The summed E-state index contributed by atoms with van der Waals surface area (Å²) in [6.07, 6.45) is 0. The van der Waals surface area contributed by atoms with Gasteiger partial charge in [-0.15, -0.1) is 0 Å². The van der Waals surface area contributed by atoms with Crippen LogP contribution in [0.3, 0.4) is 0 Å². The fraction of sp³-hybridized carbons (Fsp3) is 0.188. The lowest BCUT2D eigenvalue weighted by Gasteiger charge is -2.06. The summed E-state index contributed by atoms with van der Waals surface area (Å²) in [5.74, 6) is -0.102. The lowest BCUT2D eigenvalue weighted by molar-refractivity contribution is 0.135. The first kappa shape index (κ1) is 15.2. The Balaban J connectivity index is 1.91. The van der Waals surface area contributed by atoms with Crippen LogP contribution >= 0.6 is 0 Å². The van der Waals surface area contributed by atoms with Crippen molar-refractivity contribution in [3.63, 3.8) is 0 Å². The molecule has 5 heteroatoms. The second kappa shape index (κ2) is 7.02. The largest absolute Gasteiger partial charge is 0.376 e. The second-order valence-electron chi connectivity index (χ2n) is 4.50. The van der Waals surface area contributed by atoms with Crippen molar-refractivity contribution in [1.82, 2.24) is 0 Å². The summed E-state index contributed by atoms with van der Waals surface area (Å²) >= 11 is 0. The van der Waals surface area contributed by atoms with Gasteiger partial charge < -0.3 is 4.74 Å². The molecule has 0 aliphatic heterocycles. The number of ether oxygens (including phenoxy) is 1. The standard InChI is InChI=1S/C16H15NO3S/c17-12-15-7-4-8-16(11-15)21(18,19)10-9-20-13-14-5-2-1-3-6-14/h1-8,11H,9-10,13H2. The molecule has 0 atom stereocenters. The molecule has 0 amide bonds. The molecule has 0 unspecified atom stereocenters. The summed E-state index contributed by atoms with van der Waals surface area (Å²) < 4.78 is 29.6. The van der Waals surface area contributed by atoms with Crippen molar-refractivity contribution >= 4 is 9.84 Å². The fourth-order valence-electron chi connectivity index (χ4n) is 1.81. The lowest BCUT2D eigenvalue weighted by Crippen LogP contribution is -2.12. The van der Waals surface area contributed by atoms with E-state index < -0.39 is 9.84 Å². The number of nitriles is 1. The monoisotopic (exact) mass is 301 g/mol. The Labute approximate surface area is 124 Å². The molecular formula is C16H15NO3S. The highest BCUT2D eigenvalue weighted by molar-refractivity contribution is 7.91. The van der Waals surface area contributed by atoms with Crippen molar-refractivity contribution in [3.8, 4) is 6.07 Å². The molecule has 2 rings (SSSR count). The van der Waals surface area contributed by atoms with Gasteiger partial charge in [-0.1, -0.05) is 36.4 Å². The van der Waals surface area contributed by atoms with Crippen LogP contribution in [-0.4, -0.2) is 20.8 Å². The zero-order chi connectivity index (χ0) is 15.1. The van der Waals surface area contributed by atoms with E-state index in [0.29, 0.717) is 12.2 Å². The Bertz CT molecular complexity index is 734. The molecule has 2 aromatic rings. The number of rotatable bonds is 6. The molecule has 0 aliphatic carbocycles. The van der Waals surface area contributed by atoms with E-state index in [-0.39, 0.29) is 17.3 Å². The smallest absolute Gasteiger partial charge is 0.180 e. The molecule has 0 saturated carbocycles. The summed E-state index contributed by atoms with van der Waals surface area (Å²) in [4.78, 5) is 0.157. The highest BCUT2D eigenvalue weighted by Gasteiger charge is 2.14. The predicted molar refractivity (Wildman–Crippen MR) is 79.3 cm³/mol. The minimum absolute atomic E-state index is 0.102.